The van der Waals surface area contributed by atoms with Crippen LogP contribution < -0.4 is 5.32 Å². The molecule has 0 unspecified atom stereocenters. The van der Waals surface area contributed by atoms with E-state index in [1.54, 1.807) is 30.2 Å². The van der Waals surface area contributed by atoms with Crippen molar-refractivity contribution in [2.45, 2.75) is 12.5 Å². The highest BCUT2D eigenvalue weighted by molar-refractivity contribution is 6.05. The molecule has 1 saturated heterocycles. The average Bonchev–Trinajstić information content (AvgIpc) is 3.21. The number of benzene rings is 1. The molecular weight excluding hydrogens is 363 g/mol. The first-order valence-electron chi connectivity index (χ1n) is 8.81. The summed E-state index contributed by atoms with van der Waals surface area (Å²) in [6.45, 7) is 2.89. The van der Waals surface area contributed by atoms with Crippen LogP contribution in [0.15, 0.2) is 30.6 Å². The molecule has 142 valence electrons. The van der Waals surface area contributed by atoms with Crippen LogP contribution in [0.3, 0.4) is 0 Å². The fourth-order valence-corrected chi connectivity index (χ4v) is 3.42. The van der Waals surface area contributed by atoms with E-state index in [1.165, 1.54) is 12.1 Å². The van der Waals surface area contributed by atoms with Crippen LogP contribution >= 0.6 is 0 Å². The minimum absolute atomic E-state index is 0.239. The second-order valence-electron chi connectivity index (χ2n) is 7.30. The van der Waals surface area contributed by atoms with Crippen LogP contribution in [0.5, 0.6) is 0 Å². The molecule has 8 nitrogen and oxygen atoms in total. The van der Waals surface area contributed by atoms with Crippen LogP contribution in [0, 0.1) is 5.82 Å². The van der Waals surface area contributed by atoms with Crippen LogP contribution in [0.1, 0.15) is 17.3 Å². The molecule has 0 radical (unpaired) electrons. The van der Waals surface area contributed by atoms with Crippen molar-refractivity contribution in [2.75, 3.05) is 13.2 Å². The first-order chi connectivity index (χ1) is 13.4. The maximum Gasteiger partial charge on any atom is 0.255 e. The number of aromatic amines is 1. The van der Waals surface area contributed by atoms with Crippen LogP contribution in [0.2, 0.25) is 0 Å². The van der Waals surface area contributed by atoms with Crippen molar-refractivity contribution in [1.82, 2.24) is 30.0 Å². The van der Waals surface area contributed by atoms with Crippen molar-refractivity contribution in [3.63, 3.8) is 0 Å². The highest BCUT2D eigenvalue weighted by Gasteiger charge is 2.35. The molecule has 0 saturated carbocycles. The molecule has 4 aromatic rings. The fourth-order valence-electron chi connectivity index (χ4n) is 3.42. The Morgan fingerprint density at radius 1 is 1.39 bits per heavy atom. The van der Waals surface area contributed by atoms with Crippen molar-refractivity contribution in [3.8, 4) is 11.4 Å². The van der Waals surface area contributed by atoms with Crippen molar-refractivity contribution in [2.24, 2.45) is 7.05 Å². The summed E-state index contributed by atoms with van der Waals surface area (Å²) in [5, 5.41) is 8.20. The predicted molar refractivity (Wildman–Crippen MR) is 100 cm³/mol. The second kappa shape index (κ2) is 5.83. The summed E-state index contributed by atoms with van der Waals surface area (Å²) in [6, 6.07) is 4.48. The lowest BCUT2D eigenvalue weighted by Gasteiger charge is -2.38. The number of hydrogen-bond donors (Lipinski definition) is 2. The van der Waals surface area contributed by atoms with E-state index in [4.69, 9.17) is 4.74 Å². The number of amides is 1. The van der Waals surface area contributed by atoms with E-state index in [0.717, 1.165) is 5.39 Å². The molecule has 0 bridgehead atoms. The second-order valence-corrected chi connectivity index (χ2v) is 7.30. The zero-order chi connectivity index (χ0) is 19.5. The van der Waals surface area contributed by atoms with Crippen molar-refractivity contribution >= 4 is 28.0 Å². The summed E-state index contributed by atoms with van der Waals surface area (Å²) in [6.07, 6.45) is 3.19. The van der Waals surface area contributed by atoms with Crippen molar-refractivity contribution in [1.29, 1.82) is 0 Å². The number of rotatable bonds is 3. The molecule has 1 amide bonds. The number of hydrogen-bond acceptors (Lipinski definition) is 5. The van der Waals surface area contributed by atoms with Crippen LogP contribution in [-0.4, -0.2) is 49.4 Å². The zero-order valence-electron chi connectivity index (χ0n) is 15.3. The number of aromatic nitrogens is 5. The molecule has 2 N–H and O–H groups in total. The highest BCUT2D eigenvalue weighted by Crippen LogP contribution is 2.28. The SMILES string of the molecule is Cn1nc(-c2cnc3[nH]cc(C(=O)NC4(C)COC4)c3n2)c2ccc(F)cc21. The summed E-state index contributed by atoms with van der Waals surface area (Å²) in [7, 11) is 1.74. The first kappa shape index (κ1) is 16.8. The van der Waals surface area contributed by atoms with Gasteiger partial charge in [-0.25, -0.2) is 14.4 Å². The van der Waals surface area contributed by atoms with Crippen molar-refractivity contribution in [3.05, 3.63) is 42.0 Å². The van der Waals surface area contributed by atoms with Gasteiger partial charge < -0.3 is 15.0 Å². The van der Waals surface area contributed by atoms with Gasteiger partial charge in [-0.2, -0.15) is 5.10 Å². The Kier molecular flexibility index (Phi) is 3.50. The van der Waals surface area contributed by atoms with E-state index in [9.17, 15) is 9.18 Å². The molecule has 0 atom stereocenters. The Hall–Kier alpha value is -3.33. The van der Waals surface area contributed by atoms with E-state index in [0.29, 0.717) is 46.8 Å². The number of carbonyl (C=O) groups is 1. The number of halogens is 1. The molecule has 1 aliphatic heterocycles. The molecule has 4 heterocycles. The highest BCUT2D eigenvalue weighted by atomic mass is 19.1. The number of nitrogens with zero attached hydrogens (tertiary/aromatic N) is 4. The Balaban J connectivity index is 1.59. The number of nitrogens with one attached hydrogen (secondary N) is 2. The van der Waals surface area contributed by atoms with Crippen LogP contribution in [-0.2, 0) is 11.8 Å². The van der Waals surface area contributed by atoms with Gasteiger partial charge in [-0.1, -0.05) is 0 Å². The molecular formula is C19H17FN6O2. The van der Waals surface area contributed by atoms with E-state index in [2.05, 4.69) is 25.4 Å². The van der Waals surface area contributed by atoms with E-state index in [1.807, 2.05) is 6.92 Å². The van der Waals surface area contributed by atoms with Gasteiger partial charge in [0.25, 0.3) is 5.91 Å². The zero-order valence-corrected chi connectivity index (χ0v) is 15.3. The van der Waals surface area contributed by atoms with Gasteiger partial charge in [0.05, 0.1) is 36.0 Å². The third-order valence-electron chi connectivity index (χ3n) is 4.94. The molecule has 28 heavy (non-hydrogen) atoms. The summed E-state index contributed by atoms with van der Waals surface area (Å²) in [4.78, 5) is 24.7. The lowest BCUT2D eigenvalue weighted by atomic mass is 10.0. The Labute approximate surface area is 158 Å². The topological polar surface area (TPSA) is 97.7 Å². The van der Waals surface area contributed by atoms with Gasteiger partial charge in [-0.05, 0) is 25.1 Å². The summed E-state index contributed by atoms with van der Waals surface area (Å²) in [5.41, 5.74) is 2.75. The number of aryl methyl sites for hydroxylation is 1. The minimum Gasteiger partial charge on any atom is -0.376 e. The van der Waals surface area contributed by atoms with Gasteiger partial charge in [0.2, 0.25) is 0 Å². The van der Waals surface area contributed by atoms with Gasteiger partial charge in [-0.15, -0.1) is 0 Å². The molecule has 9 heteroatoms. The molecule has 5 rings (SSSR count). The Bertz CT molecular complexity index is 1240. The van der Waals surface area contributed by atoms with Crippen molar-refractivity contribution < 1.29 is 13.9 Å². The van der Waals surface area contributed by atoms with Gasteiger partial charge >= 0.3 is 0 Å². The molecule has 0 aliphatic carbocycles. The van der Waals surface area contributed by atoms with E-state index >= 15 is 0 Å². The summed E-state index contributed by atoms with van der Waals surface area (Å²) in [5.74, 6) is -0.571. The lowest BCUT2D eigenvalue weighted by molar-refractivity contribution is -0.0593. The number of fused-ring (bicyclic) bond motifs is 2. The normalized spacial score (nSPS) is 15.7. The van der Waals surface area contributed by atoms with E-state index < -0.39 is 0 Å². The van der Waals surface area contributed by atoms with Crippen LogP contribution in [0.4, 0.5) is 4.39 Å². The number of carbonyl (C=O) groups excluding carboxylic acids is 1. The average molecular weight is 380 g/mol. The molecule has 1 aromatic carbocycles. The summed E-state index contributed by atoms with van der Waals surface area (Å²) < 4.78 is 20.4. The van der Waals surface area contributed by atoms with Crippen LogP contribution in [0.25, 0.3) is 33.5 Å². The Morgan fingerprint density at radius 3 is 2.96 bits per heavy atom. The standard InChI is InChI=1S/C19H17FN6O2/c1-19(8-28-9-19)24-18(27)12-6-21-17-16(12)23-13(7-22-17)15-11-4-3-10(20)5-14(11)26(2)25-15/h3-7H,8-9H2,1-2H3,(H,21,22)(H,24,27). The molecule has 0 spiro atoms. The predicted octanol–water partition coefficient (Wildman–Crippen LogP) is 2.17. The molecule has 3 aromatic heterocycles. The Morgan fingerprint density at radius 2 is 2.21 bits per heavy atom. The van der Waals surface area contributed by atoms with Gasteiger partial charge in [0.15, 0.2) is 5.65 Å². The van der Waals surface area contributed by atoms with Gasteiger partial charge in [0.1, 0.15) is 22.7 Å². The monoisotopic (exact) mass is 380 g/mol. The van der Waals surface area contributed by atoms with Gasteiger partial charge in [0, 0.05) is 18.6 Å². The molecule has 1 aliphatic rings. The first-order valence-corrected chi connectivity index (χ1v) is 8.81. The fraction of sp³-hybridized carbons (Fsp3) is 0.263. The van der Waals surface area contributed by atoms with E-state index in [-0.39, 0.29) is 17.3 Å². The third-order valence-corrected chi connectivity index (χ3v) is 4.94. The largest absolute Gasteiger partial charge is 0.376 e. The third kappa shape index (κ3) is 2.55. The number of ether oxygens (including phenoxy) is 1. The van der Waals surface area contributed by atoms with Gasteiger partial charge in [-0.3, -0.25) is 9.48 Å². The molecule has 1 fully saturated rings. The maximum absolute atomic E-state index is 13.6. The minimum atomic E-state index is -0.368. The smallest absolute Gasteiger partial charge is 0.255 e. The summed E-state index contributed by atoms with van der Waals surface area (Å²) >= 11 is 0. The number of H-pyrrole nitrogens is 1. The lowest BCUT2D eigenvalue weighted by Crippen LogP contribution is -2.59. The maximum atomic E-state index is 13.6. The quantitative estimate of drug-likeness (QED) is 0.568.